The molecule has 0 unspecified atom stereocenters. The van der Waals surface area contributed by atoms with Crippen molar-refractivity contribution in [2.24, 2.45) is 0 Å². The van der Waals surface area contributed by atoms with Gasteiger partial charge >= 0.3 is 6.85 Å². The van der Waals surface area contributed by atoms with E-state index >= 15 is 0 Å². The zero-order valence-corrected chi connectivity index (χ0v) is 37.8. The van der Waals surface area contributed by atoms with Crippen LogP contribution in [0.4, 0.5) is 17.3 Å². The van der Waals surface area contributed by atoms with Crippen molar-refractivity contribution in [3.05, 3.63) is 125 Å². The standard InChI is InChI=1S/C57H51BN2O3/c1-30-25-37-39(56(6,7)23-21-54(37,2)3)28-41(30)59-42-27-35-31-15-10-12-19-43(31)61-51(35)47-34-18-14-17-33-46-32-16-11-13-20-44(32)62-52(46)60(50(33)34)58(49(42)47)48-36-26-38-40(29-45(36)63-53(48)59)57(8,9)24-22-55(38,4)5/h10-20,25-29H,21-24H2,1-9H3. The second-order valence-electron chi connectivity index (χ2n) is 22.2. The lowest BCUT2D eigenvalue weighted by Crippen LogP contribution is -2.56. The first-order chi connectivity index (χ1) is 30.1. The van der Waals surface area contributed by atoms with E-state index in [0.29, 0.717) is 0 Å². The molecule has 2 aliphatic heterocycles. The number of aryl methyl sites for hydroxylation is 1. The van der Waals surface area contributed by atoms with Gasteiger partial charge in [-0.15, -0.1) is 0 Å². The van der Waals surface area contributed by atoms with Crippen molar-refractivity contribution in [2.45, 2.75) is 110 Å². The molecule has 0 atom stereocenters. The quantitative estimate of drug-likeness (QED) is 0.155. The summed E-state index contributed by atoms with van der Waals surface area (Å²) < 4.78 is 24.3. The first kappa shape index (κ1) is 36.4. The monoisotopic (exact) mass is 822 g/mol. The fourth-order valence-corrected chi connectivity index (χ4v) is 12.9. The van der Waals surface area contributed by atoms with Gasteiger partial charge in [-0.2, -0.15) is 0 Å². The Hall–Kier alpha value is -6.14. The minimum absolute atomic E-state index is 0.0143. The summed E-state index contributed by atoms with van der Waals surface area (Å²) in [7, 11) is 0. The van der Waals surface area contributed by atoms with Crippen molar-refractivity contribution in [1.82, 2.24) is 4.48 Å². The summed E-state index contributed by atoms with van der Waals surface area (Å²) in [6.07, 6.45) is 4.58. The van der Waals surface area contributed by atoms with E-state index in [2.05, 4.69) is 169 Å². The second-order valence-corrected chi connectivity index (χ2v) is 22.2. The molecule has 0 N–H and O–H groups in total. The van der Waals surface area contributed by atoms with Crippen LogP contribution in [0.25, 0.3) is 77.0 Å². The molecule has 6 aromatic carbocycles. The van der Waals surface area contributed by atoms with Crippen LogP contribution in [-0.4, -0.2) is 11.3 Å². The van der Waals surface area contributed by atoms with Gasteiger partial charge in [-0.25, -0.2) is 0 Å². The molecule has 4 aliphatic rings. The maximum absolute atomic E-state index is 7.60. The number of rotatable bonds is 1. The van der Waals surface area contributed by atoms with E-state index in [4.69, 9.17) is 13.3 Å². The van der Waals surface area contributed by atoms with E-state index in [9.17, 15) is 0 Å². The molecule has 0 amide bonds. The highest BCUT2D eigenvalue weighted by molar-refractivity contribution is 6.92. The average molecular weight is 823 g/mol. The minimum Gasteiger partial charge on any atom is -0.455 e. The predicted octanol–water partition coefficient (Wildman–Crippen LogP) is 14.6. The first-order valence-electron chi connectivity index (χ1n) is 23.1. The number of hydrogen-bond acceptors (Lipinski definition) is 4. The minimum atomic E-state index is -0.262. The van der Waals surface area contributed by atoms with Crippen molar-refractivity contribution in [2.75, 3.05) is 4.90 Å². The van der Waals surface area contributed by atoms with Crippen LogP contribution in [0.2, 0.25) is 0 Å². The number of benzene rings is 6. The van der Waals surface area contributed by atoms with Crippen molar-refractivity contribution in [3.8, 4) is 11.1 Å². The van der Waals surface area contributed by atoms with Crippen LogP contribution in [0, 0.1) is 6.92 Å². The van der Waals surface area contributed by atoms with E-state index in [1.165, 1.54) is 72.7 Å². The lowest BCUT2D eigenvalue weighted by atomic mass is 9.45. The van der Waals surface area contributed by atoms with Gasteiger partial charge in [0.15, 0.2) is 5.71 Å². The van der Waals surface area contributed by atoms with Crippen LogP contribution in [-0.2, 0) is 21.7 Å². The molecule has 6 heterocycles. The van der Waals surface area contributed by atoms with Crippen molar-refractivity contribution in [3.63, 3.8) is 0 Å². The van der Waals surface area contributed by atoms with E-state index in [0.717, 1.165) is 86.0 Å². The third-order valence-corrected chi connectivity index (χ3v) is 16.6. The van der Waals surface area contributed by atoms with Crippen molar-refractivity contribution >= 4 is 101 Å². The molecule has 6 heteroatoms. The summed E-state index contributed by atoms with van der Waals surface area (Å²) in [6.45, 7) is 21.5. The molecule has 0 spiro atoms. The van der Waals surface area contributed by atoms with Crippen molar-refractivity contribution in [1.29, 1.82) is 0 Å². The molecule has 310 valence electrons. The van der Waals surface area contributed by atoms with Crippen LogP contribution in [0.1, 0.15) is 109 Å². The number of fused-ring (bicyclic) bond motifs is 17. The maximum Gasteiger partial charge on any atom is 0.340 e. The third-order valence-electron chi connectivity index (χ3n) is 16.6. The Bertz CT molecular complexity index is 3730. The summed E-state index contributed by atoms with van der Waals surface area (Å²) in [6, 6.07) is 36.3. The number of hydrogen-bond donors (Lipinski definition) is 0. The molecule has 14 rings (SSSR count). The SMILES string of the molecule is Cc1cc2c(cc1N1c3cc4c(oc5ccccc54)c4c3B(c3c1oc1cc5c(cc31)C(C)(C)CCC5(C)C)n1c3oc5ccccc5c3c3cccc-4c31)C(C)(C)CCC2(C)C. The fraction of sp³-hybridized carbons (Fsp3) is 0.298. The number of para-hydroxylation sites is 3. The molecule has 0 saturated heterocycles. The summed E-state index contributed by atoms with van der Waals surface area (Å²) in [5, 5.41) is 6.90. The zero-order chi connectivity index (χ0) is 42.9. The molecule has 5 nitrogen and oxygen atoms in total. The molecule has 10 aromatic rings. The Morgan fingerprint density at radius 2 is 1.11 bits per heavy atom. The molecular weight excluding hydrogens is 771 g/mol. The van der Waals surface area contributed by atoms with Gasteiger partial charge in [0, 0.05) is 54.7 Å². The van der Waals surface area contributed by atoms with Gasteiger partial charge < -0.3 is 17.7 Å². The lowest BCUT2D eigenvalue weighted by Gasteiger charge is -2.43. The Morgan fingerprint density at radius 1 is 0.508 bits per heavy atom. The highest BCUT2D eigenvalue weighted by Gasteiger charge is 2.50. The van der Waals surface area contributed by atoms with Gasteiger partial charge in [-0.1, -0.05) is 116 Å². The Kier molecular flexibility index (Phi) is 6.53. The zero-order valence-electron chi connectivity index (χ0n) is 37.8. The average Bonchev–Trinajstić information content (AvgIpc) is 4.01. The first-order valence-corrected chi connectivity index (χ1v) is 23.1. The van der Waals surface area contributed by atoms with Crippen molar-refractivity contribution < 1.29 is 13.3 Å². The third kappa shape index (κ3) is 4.40. The molecule has 0 fully saturated rings. The van der Waals surface area contributed by atoms with E-state index in [1.54, 1.807) is 0 Å². The van der Waals surface area contributed by atoms with E-state index < -0.39 is 0 Å². The van der Waals surface area contributed by atoms with Crippen LogP contribution < -0.4 is 15.8 Å². The molecule has 63 heavy (non-hydrogen) atoms. The van der Waals surface area contributed by atoms with Crippen LogP contribution in [0.5, 0.6) is 0 Å². The normalized spacial score (nSPS) is 18.7. The number of aromatic nitrogens is 1. The molecular formula is C57H51BN2O3. The summed E-state index contributed by atoms with van der Waals surface area (Å²) >= 11 is 0. The lowest BCUT2D eigenvalue weighted by molar-refractivity contribution is 0.332. The maximum atomic E-state index is 7.60. The highest BCUT2D eigenvalue weighted by atomic mass is 16.4. The van der Waals surface area contributed by atoms with E-state index in [1.807, 2.05) is 0 Å². The topological polar surface area (TPSA) is 47.6 Å². The van der Waals surface area contributed by atoms with Gasteiger partial charge in [0.2, 0.25) is 5.88 Å². The predicted molar refractivity (Wildman–Crippen MR) is 262 cm³/mol. The summed E-state index contributed by atoms with van der Waals surface area (Å²) in [5.41, 5.74) is 19.9. The molecule has 2 aliphatic carbocycles. The van der Waals surface area contributed by atoms with Gasteiger partial charge in [0.25, 0.3) is 0 Å². The molecule has 4 aromatic heterocycles. The van der Waals surface area contributed by atoms with E-state index in [-0.39, 0.29) is 28.5 Å². The van der Waals surface area contributed by atoms with Gasteiger partial charge in [-0.05, 0) is 124 Å². The Balaban J connectivity index is 1.20. The Morgan fingerprint density at radius 3 is 1.83 bits per heavy atom. The molecule has 0 saturated carbocycles. The van der Waals surface area contributed by atoms with Crippen LogP contribution in [0.3, 0.4) is 0 Å². The second kappa shape index (κ2) is 11.3. The Labute approximate surface area is 367 Å². The molecule has 0 radical (unpaired) electrons. The number of anilines is 3. The summed E-state index contributed by atoms with van der Waals surface area (Å²) in [5.74, 6) is 0.889. The molecule has 0 bridgehead atoms. The van der Waals surface area contributed by atoms with Crippen LogP contribution >= 0.6 is 0 Å². The van der Waals surface area contributed by atoms with Crippen LogP contribution in [0.15, 0.2) is 110 Å². The smallest absolute Gasteiger partial charge is 0.340 e. The fourth-order valence-electron chi connectivity index (χ4n) is 12.9. The summed E-state index contributed by atoms with van der Waals surface area (Å²) in [4.78, 5) is 2.51. The number of nitrogens with zero attached hydrogens (tertiary/aromatic N) is 2. The highest BCUT2D eigenvalue weighted by Crippen LogP contribution is 2.55. The van der Waals surface area contributed by atoms with Gasteiger partial charge in [0.1, 0.15) is 22.3 Å². The largest absolute Gasteiger partial charge is 0.455 e. The number of furan rings is 3. The van der Waals surface area contributed by atoms with Gasteiger partial charge in [-0.3, -0.25) is 4.90 Å². The van der Waals surface area contributed by atoms with Gasteiger partial charge in [0.05, 0.1) is 11.1 Å².